The van der Waals surface area contributed by atoms with Crippen LogP contribution in [0.5, 0.6) is 5.75 Å². The summed E-state index contributed by atoms with van der Waals surface area (Å²) >= 11 is 0. The number of piperazine rings is 1. The molecule has 2 aliphatic heterocycles. The Balaban J connectivity index is 1.43. The molecule has 2 aliphatic rings. The van der Waals surface area contributed by atoms with E-state index in [2.05, 4.69) is 10.2 Å². The second-order valence-electron chi connectivity index (χ2n) is 8.41. The quantitative estimate of drug-likeness (QED) is 0.505. The van der Waals surface area contributed by atoms with E-state index in [4.69, 9.17) is 9.47 Å². The lowest BCUT2D eigenvalue weighted by Crippen LogP contribution is -2.48. The topological polar surface area (TPSA) is 97.2 Å². The third kappa shape index (κ3) is 5.03. The lowest BCUT2D eigenvalue weighted by atomic mass is 10.1. The molecule has 0 spiro atoms. The molecule has 9 heteroatoms. The first-order chi connectivity index (χ1) is 16.0. The molecule has 0 saturated carbocycles. The summed E-state index contributed by atoms with van der Waals surface area (Å²) in [5.41, 5.74) is 2.95. The first-order valence-corrected chi connectivity index (χ1v) is 11.3. The van der Waals surface area contributed by atoms with Crippen LogP contribution in [0.25, 0.3) is 0 Å². The predicted molar refractivity (Wildman–Crippen MR) is 126 cm³/mol. The summed E-state index contributed by atoms with van der Waals surface area (Å²) in [4.78, 5) is 28.2. The van der Waals surface area contributed by atoms with E-state index >= 15 is 0 Å². The number of benzene rings is 2. The van der Waals surface area contributed by atoms with Crippen molar-refractivity contribution in [3.8, 4) is 5.75 Å². The number of hydrogen-bond donors (Lipinski definition) is 1. The van der Waals surface area contributed by atoms with Crippen molar-refractivity contribution in [2.75, 3.05) is 56.7 Å². The van der Waals surface area contributed by atoms with Crippen molar-refractivity contribution in [3.05, 3.63) is 57.6 Å². The fraction of sp³-hybridized carbons (Fsp3) is 0.458. The maximum Gasteiger partial charge on any atom is 0.292 e. The Hall–Kier alpha value is -3.33. The first-order valence-electron chi connectivity index (χ1n) is 11.3. The number of carbonyl (C=O) groups excluding carboxylic acids is 1. The van der Waals surface area contributed by atoms with Gasteiger partial charge in [-0.15, -0.1) is 0 Å². The summed E-state index contributed by atoms with van der Waals surface area (Å²) in [5, 5.41) is 14.7. The number of ether oxygens (including phenoxy) is 2. The van der Waals surface area contributed by atoms with Crippen molar-refractivity contribution >= 4 is 23.0 Å². The first kappa shape index (κ1) is 22.8. The third-order valence-corrected chi connectivity index (χ3v) is 6.30. The number of carbonyl (C=O) groups is 1. The number of nitro benzene ring substituents is 1. The lowest BCUT2D eigenvalue weighted by molar-refractivity contribution is -0.383. The summed E-state index contributed by atoms with van der Waals surface area (Å²) < 4.78 is 11.1. The van der Waals surface area contributed by atoms with Crippen LogP contribution in [0.1, 0.15) is 28.8 Å². The molecule has 4 rings (SSSR count). The van der Waals surface area contributed by atoms with Gasteiger partial charge in [-0.2, -0.15) is 0 Å². The molecule has 0 radical (unpaired) electrons. The van der Waals surface area contributed by atoms with Crippen LogP contribution in [-0.2, 0) is 4.74 Å². The number of para-hydroxylation sites is 1. The van der Waals surface area contributed by atoms with Crippen LogP contribution in [0, 0.1) is 17.0 Å². The van der Waals surface area contributed by atoms with Gasteiger partial charge in [0, 0.05) is 51.1 Å². The predicted octanol–water partition coefficient (Wildman–Crippen LogP) is 3.47. The minimum Gasteiger partial charge on any atom is -0.496 e. The number of nitrogens with zero attached hydrogens (tertiary/aromatic N) is 3. The molecule has 0 aromatic heterocycles. The molecule has 0 unspecified atom stereocenters. The lowest BCUT2D eigenvalue weighted by Gasteiger charge is -2.36. The second-order valence-corrected chi connectivity index (χ2v) is 8.41. The van der Waals surface area contributed by atoms with Crippen LogP contribution in [0.4, 0.5) is 17.1 Å². The minimum absolute atomic E-state index is 0.0437. The highest BCUT2D eigenvalue weighted by atomic mass is 16.6. The number of nitrogens with one attached hydrogen (secondary N) is 1. The smallest absolute Gasteiger partial charge is 0.292 e. The minimum atomic E-state index is -0.368. The molecule has 0 bridgehead atoms. The molecule has 1 amide bonds. The van der Waals surface area contributed by atoms with Crippen LogP contribution in [-0.4, -0.2) is 68.3 Å². The molecule has 2 heterocycles. The Morgan fingerprint density at radius 2 is 2.03 bits per heavy atom. The average molecular weight is 455 g/mol. The zero-order valence-corrected chi connectivity index (χ0v) is 19.1. The van der Waals surface area contributed by atoms with Crippen LogP contribution >= 0.6 is 0 Å². The van der Waals surface area contributed by atoms with Crippen molar-refractivity contribution in [2.45, 2.75) is 25.9 Å². The van der Waals surface area contributed by atoms with E-state index in [9.17, 15) is 14.9 Å². The van der Waals surface area contributed by atoms with Crippen LogP contribution < -0.4 is 15.0 Å². The summed E-state index contributed by atoms with van der Waals surface area (Å²) in [6, 6.07) is 10.7. The maximum atomic E-state index is 13.1. The number of aryl methyl sites for hydroxylation is 1. The van der Waals surface area contributed by atoms with E-state index in [1.165, 1.54) is 0 Å². The van der Waals surface area contributed by atoms with Gasteiger partial charge in [0.25, 0.3) is 11.6 Å². The van der Waals surface area contributed by atoms with E-state index in [0.29, 0.717) is 49.7 Å². The van der Waals surface area contributed by atoms with Gasteiger partial charge in [0.05, 0.1) is 23.7 Å². The number of nitro groups is 1. The number of methoxy groups -OCH3 is 1. The SMILES string of the molecule is COc1c(C)cccc1C(=O)N1CCN(c2ccc([N+](=O)[O-])c(NC[C@@H]3CCCO3)c2)CC1. The fourth-order valence-electron chi connectivity index (χ4n) is 4.48. The highest BCUT2D eigenvalue weighted by Crippen LogP contribution is 2.31. The van der Waals surface area contributed by atoms with E-state index in [1.54, 1.807) is 25.3 Å². The summed E-state index contributed by atoms with van der Waals surface area (Å²) in [5.74, 6) is 0.570. The highest BCUT2D eigenvalue weighted by Gasteiger charge is 2.26. The molecular formula is C24H30N4O5. The highest BCUT2D eigenvalue weighted by molar-refractivity contribution is 5.97. The summed E-state index contributed by atoms with van der Waals surface area (Å²) in [6.07, 6.45) is 2.06. The Morgan fingerprint density at radius 3 is 2.70 bits per heavy atom. The average Bonchev–Trinajstić information content (AvgIpc) is 3.35. The normalized spacial score (nSPS) is 18.3. The van der Waals surface area contributed by atoms with Crippen molar-refractivity contribution in [1.29, 1.82) is 0 Å². The molecule has 2 fully saturated rings. The van der Waals surface area contributed by atoms with Crippen molar-refractivity contribution < 1.29 is 19.2 Å². The van der Waals surface area contributed by atoms with Crippen molar-refractivity contribution in [1.82, 2.24) is 4.90 Å². The zero-order valence-electron chi connectivity index (χ0n) is 19.1. The van der Waals surface area contributed by atoms with Gasteiger partial charge in [0.2, 0.25) is 0 Å². The molecule has 9 nitrogen and oxygen atoms in total. The molecule has 2 aromatic rings. The molecule has 1 N–H and O–H groups in total. The Labute approximate surface area is 193 Å². The van der Waals surface area contributed by atoms with Gasteiger partial charge >= 0.3 is 0 Å². The number of amides is 1. The van der Waals surface area contributed by atoms with E-state index < -0.39 is 0 Å². The second kappa shape index (κ2) is 10.1. The Bertz CT molecular complexity index is 1010. The largest absolute Gasteiger partial charge is 0.496 e. The van der Waals surface area contributed by atoms with E-state index in [1.807, 2.05) is 30.0 Å². The van der Waals surface area contributed by atoms with Crippen molar-refractivity contribution in [3.63, 3.8) is 0 Å². The third-order valence-electron chi connectivity index (χ3n) is 6.30. The molecule has 1 atom stereocenters. The maximum absolute atomic E-state index is 13.1. The van der Waals surface area contributed by atoms with Gasteiger partial charge in [-0.05, 0) is 43.5 Å². The Morgan fingerprint density at radius 1 is 1.24 bits per heavy atom. The van der Waals surface area contributed by atoms with E-state index in [-0.39, 0.29) is 22.6 Å². The van der Waals surface area contributed by atoms with Crippen LogP contribution in [0.15, 0.2) is 36.4 Å². The molecule has 2 aromatic carbocycles. The fourth-order valence-corrected chi connectivity index (χ4v) is 4.48. The van der Waals surface area contributed by atoms with Gasteiger partial charge in [0.1, 0.15) is 11.4 Å². The summed E-state index contributed by atoms with van der Waals surface area (Å²) in [7, 11) is 1.58. The zero-order chi connectivity index (χ0) is 23.4. The molecular weight excluding hydrogens is 424 g/mol. The number of rotatable bonds is 7. The van der Waals surface area contributed by atoms with Gasteiger partial charge in [-0.1, -0.05) is 12.1 Å². The molecule has 33 heavy (non-hydrogen) atoms. The van der Waals surface area contributed by atoms with Gasteiger partial charge in [-0.3, -0.25) is 14.9 Å². The van der Waals surface area contributed by atoms with Gasteiger partial charge in [0.15, 0.2) is 0 Å². The molecule has 2 saturated heterocycles. The van der Waals surface area contributed by atoms with Crippen LogP contribution in [0.3, 0.4) is 0 Å². The molecule has 0 aliphatic carbocycles. The summed E-state index contributed by atoms with van der Waals surface area (Å²) in [6.45, 7) is 5.62. The number of anilines is 2. The molecule has 176 valence electrons. The van der Waals surface area contributed by atoms with Gasteiger partial charge in [-0.25, -0.2) is 0 Å². The van der Waals surface area contributed by atoms with Crippen LogP contribution in [0.2, 0.25) is 0 Å². The van der Waals surface area contributed by atoms with E-state index in [0.717, 1.165) is 30.7 Å². The van der Waals surface area contributed by atoms with Crippen molar-refractivity contribution in [2.24, 2.45) is 0 Å². The number of hydrogen-bond acceptors (Lipinski definition) is 7. The Kier molecular flexibility index (Phi) is 6.98. The standard InChI is InChI=1S/C24H30N4O5/c1-17-5-3-7-20(23(17)32-2)24(29)27-12-10-26(11-13-27)18-8-9-22(28(30)31)21(15-18)25-16-19-6-4-14-33-19/h3,5,7-9,15,19,25H,4,6,10-14,16H2,1-2H3/t19-/m0/s1. The monoisotopic (exact) mass is 454 g/mol. The van der Waals surface area contributed by atoms with Gasteiger partial charge < -0.3 is 24.6 Å².